The van der Waals surface area contributed by atoms with Gasteiger partial charge in [-0.25, -0.2) is 9.97 Å². The number of alkyl halides is 3. The number of rotatable bonds is 4. The van der Waals surface area contributed by atoms with Crippen LogP contribution >= 0.6 is 0 Å². The molecule has 2 N–H and O–H groups in total. The van der Waals surface area contributed by atoms with Gasteiger partial charge in [-0.05, 0) is 26.0 Å². The maximum Gasteiger partial charge on any atom is 0.433 e. The number of amides is 1. The number of carbonyl (C=O) groups excluding carboxylic acids is 1. The number of nitrogens with one attached hydrogen (secondary N) is 2. The van der Waals surface area contributed by atoms with Crippen molar-refractivity contribution in [2.45, 2.75) is 51.1 Å². The van der Waals surface area contributed by atoms with Crippen molar-refractivity contribution in [2.24, 2.45) is 0 Å². The van der Waals surface area contributed by atoms with Gasteiger partial charge in [-0.1, -0.05) is 0 Å². The maximum atomic E-state index is 12.6. The number of hydrogen-bond acceptors (Lipinski definition) is 7. The maximum absolute atomic E-state index is 12.6. The summed E-state index contributed by atoms with van der Waals surface area (Å²) < 4.78 is 43.4. The second-order valence-corrected chi connectivity index (χ2v) is 7.54. The minimum Gasteiger partial charge on any atom is -0.489 e. The molecule has 1 amide bonds. The Morgan fingerprint density at radius 3 is 2.63 bits per heavy atom. The molecule has 8 nitrogen and oxygen atoms in total. The van der Waals surface area contributed by atoms with Gasteiger partial charge in [0.1, 0.15) is 29.3 Å². The molecule has 11 heteroatoms. The fraction of sp³-hybridized carbons (Fsp3) is 0.474. The van der Waals surface area contributed by atoms with E-state index in [0.717, 1.165) is 12.3 Å². The molecule has 0 unspecified atom stereocenters. The minimum atomic E-state index is -4.47. The van der Waals surface area contributed by atoms with Crippen LogP contribution in [0.25, 0.3) is 0 Å². The predicted molar refractivity (Wildman–Crippen MR) is 104 cm³/mol. The van der Waals surface area contributed by atoms with Gasteiger partial charge in [0.2, 0.25) is 11.9 Å². The van der Waals surface area contributed by atoms with E-state index in [0.29, 0.717) is 41.7 Å². The number of carbonyl (C=O) groups is 1. The molecule has 4 rings (SSSR count). The van der Waals surface area contributed by atoms with E-state index in [1.807, 2.05) is 7.05 Å². The van der Waals surface area contributed by atoms with Crippen LogP contribution in [0.4, 0.5) is 30.6 Å². The highest BCUT2D eigenvalue weighted by atomic mass is 19.4. The molecule has 30 heavy (non-hydrogen) atoms. The summed E-state index contributed by atoms with van der Waals surface area (Å²) in [6.45, 7) is 3.60. The van der Waals surface area contributed by atoms with Gasteiger partial charge >= 0.3 is 6.18 Å². The number of aromatic nitrogens is 3. The first kappa shape index (κ1) is 20.2. The van der Waals surface area contributed by atoms with Crippen molar-refractivity contribution >= 4 is 23.4 Å². The molecule has 0 saturated heterocycles. The van der Waals surface area contributed by atoms with E-state index in [1.165, 1.54) is 6.07 Å². The Bertz CT molecular complexity index is 960. The Morgan fingerprint density at radius 1 is 1.27 bits per heavy atom. The molecule has 2 aromatic rings. The van der Waals surface area contributed by atoms with Crippen LogP contribution in [0.3, 0.4) is 0 Å². The van der Waals surface area contributed by atoms with E-state index in [-0.39, 0.29) is 24.1 Å². The third-order valence-corrected chi connectivity index (χ3v) is 5.37. The third kappa shape index (κ3) is 3.83. The summed E-state index contributed by atoms with van der Waals surface area (Å²) in [4.78, 5) is 26.2. The van der Waals surface area contributed by atoms with E-state index in [1.54, 1.807) is 18.7 Å². The number of fused-ring (bicyclic) bond motifs is 1. The van der Waals surface area contributed by atoms with Crippen molar-refractivity contribution in [3.63, 3.8) is 0 Å². The predicted octanol–water partition coefficient (Wildman–Crippen LogP) is 3.00. The topological polar surface area (TPSA) is 92.3 Å². The van der Waals surface area contributed by atoms with Crippen LogP contribution in [0.1, 0.15) is 31.2 Å². The van der Waals surface area contributed by atoms with E-state index in [2.05, 4.69) is 25.6 Å². The highest BCUT2D eigenvalue weighted by Crippen LogP contribution is 2.34. The molecule has 1 saturated carbocycles. The molecule has 0 radical (unpaired) electrons. The molecule has 1 aliphatic heterocycles. The molecule has 160 valence electrons. The van der Waals surface area contributed by atoms with Gasteiger partial charge in [-0.15, -0.1) is 0 Å². The van der Waals surface area contributed by atoms with Gasteiger partial charge in [0.05, 0.1) is 11.9 Å². The molecule has 2 aliphatic rings. The molecule has 0 aromatic carbocycles. The van der Waals surface area contributed by atoms with Crippen molar-refractivity contribution in [3.05, 3.63) is 29.7 Å². The fourth-order valence-corrected chi connectivity index (χ4v) is 3.38. The van der Waals surface area contributed by atoms with E-state index >= 15 is 0 Å². The summed E-state index contributed by atoms with van der Waals surface area (Å²) in [7, 11) is 1.81. The van der Waals surface area contributed by atoms with E-state index in [4.69, 9.17) is 4.74 Å². The Kier molecular flexibility index (Phi) is 4.91. The quantitative estimate of drug-likeness (QED) is 0.783. The fourth-order valence-electron chi connectivity index (χ4n) is 3.38. The van der Waals surface area contributed by atoms with Gasteiger partial charge in [0, 0.05) is 25.9 Å². The summed E-state index contributed by atoms with van der Waals surface area (Å²) in [6.07, 6.45) is -2.19. The number of aryl methyl sites for hydroxylation is 1. The lowest BCUT2D eigenvalue weighted by Crippen LogP contribution is -2.45. The van der Waals surface area contributed by atoms with Crippen LogP contribution in [0.5, 0.6) is 5.75 Å². The van der Waals surface area contributed by atoms with Gasteiger partial charge in [-0.3, -0.25) is 4.79 Å². The first-order valence-electron chi connectivity index (χ1n) is 9.50. The van der Waals surface area contributed by atoms with Crippen LogP contribution in [0.2, 0.25) is 0 Å². The Balaban J connectivity index is 1.35. The molecule has 0 bridgehead atoms. The van der Waals surface area contributed by atoms with Crippen LogP contribution in [0.15, 0.2) is 18.3 Å². The number of hydrogen-bond donors (Lipinski definition) is 2. The zero-order chi connectivity index (χ0) is 21.6. The summed E-state index contributed by atoms with van der Waals surface area (Å²) in [6, 6.07) is 1.93. The standard InChI is InChI=1S/C19H21F3N6O2/c1-9-15-16(28(3)10(2)17(29)26-15)27-18(24-9)25-11-6-13(7-11)30-12-4-5-14(23-8-12)19(20,21)22/h4-5,8,10-11,13H,6-7H2,1-3H3,(H,26,29)(H,24,25,27)/t10-,11-,13-/m0/s1. The summed E-state index contributed by atoms with van der Waals surface area (Å²) in [5, 5.41) is 6.09. The molecule has 0 spiro atoms. The average molecular weight is 422 g/mol. The van der Waals surface area contributed by atoms with Crippen molar-refractivity contribution in [1.82, 2.24) is 15.0 Å². The van der Waals surface area contributed by atoms with E-state index < -0.39 is 11.9 Å². The monoisotopic (exact) mass is 422 g/mol. The molecule has 3 heterocycles. The summed E-state index contributed by atoms with van der Waals surface area (Å²) in [5.41, 5.74) is 0.326. The van der Waals surface area contributed by atoms with Gasteiger partial charge in [-0.2, -0.15) is 18.2 Å². The van der Waals surface area contributed by atoms with Crippen LogP contribution < -0.4 is 20.3 Å². The molecular formula is C19H21F3N6O2. The molecular weight excluding hydrogens is 401 g/mol. The van der Waals surface area contributed by atoms with E-state index in [9.17, 15) is 18.0 Å². The van der Waals surface area contributed by atoms with Gasteiger partial charge < -0.3 is 20.3 Å². The van der Waals surface area contributed by atoms with Crippen LogP contribution in [-0.2, 0) is 11.0 Å². The number of likely N-dealkylation sites (N-methyl/N-ethyl adjacent to an activating group) is 1. The van der Waals surface area contributed by atoms with Gasteiger partial charge in [0.25, 0.3) is 0 Å². The number of anilines is 3. The Morgan fingerprint density at radius 2 is 2.00 bits per heavy atom. The largest absolute Gasteiger partial charge is 0.489 e. The smallest absolute Gasteiger partial charge is 0.433 e. The lowest BCUT2D eigenvalue weighted by molar-refractivity contribution is -0.141. The SMILES string of the molecule is Cc1nc(N[C@H]2C[C@H](Oc3ccc(C(F)(F)F)nc3)C2)nc2c1NC(=O)[C@H](C)N2C. The first-order valence-corrected chi connectivity index (χ1v) is 9.50. The van der Waals surface area contributed by atoms with Crippen molar-refractivity contribution < 1.29 is 22.7 Å². The minimum absolute atomic E-state index is 0.0794. The zero-order valence-corrected chi connectivity index (χ0v) is 16.6. The van der Waals surface area contributed by atoms with Gasteiger partial charge in [0.15, 0.2) is 5.82 Å². The lowest BCUT2D eigenvalue weighted by Gasteiger charge is -2.36. The molecule has 1 atom stereocenters. The molecule has 2 aromatic heterocycles. The third-order valence-electron chi connectivity index (χ3n) is 5.37. The number of nitrogens with zero attached hydrogens (tertiary/aromatic N) is 4. The van der Waals surface area contributed by atoms with Crippen LogP contribution in [-0.4, -0.2) is 46.1 Å². The second-order valence-electron chi connectivity index (χ2n) is 7.54. The van der Waals surface area contributed by atoms with Crippen molar-refractivity contribution in [2.75, 3.05) is 22.6 Å². The Hall–Kier alpha value is -3.11. The highest BCUT2D eigenvalue weighted by Gasteiger charge is 2.35. The summed E-state index contributed by atoms with van der Waals surface area (Å²) in [5.74, 6) is 1.31. The second kappa shape index (κ2) is 7.29. The number of pyridine rings is 1. The van der Waals surface area contributed by atoms with Crippen LogP contribution in [0, 0.1) is 6.92 Å². The zero-order valence-electron chi connectivity index (χ0n) is 16.6. The molecule has 1 aliphatic carbocycles. The average Bonchev–Trinajstić information content (AvgIpc) is 2.65. The number of ether oxygens (including phenoxy) is 1. The lowest BCUT2D eigenvalue weighted by atomic mass is 9.89. The summed E-state index contributed by atoms with van der Waals surface area (Å²) >= 11 is 0. The Labute approximate surface area is 170 Å². The highest BCUT2D eigenvalue weighted by molar-refractivity contribution is 6.03. The molecule has 1 fully saturated rings. The number of halogens is 3. The normalized spacial score (nSPS) is 23.3. The van der Waals surface area contributed by atoms with Crippen molar-refractivity contribution in [3.8, 4) is 5.75 Å². The van der Waals surface area contributed by atoms with Crippen molar-refractivity contribution in [1.29, 1.82) is 0 Å². The first-order chi connectivity index (χ1) is 14.1.